The zero-order valence-electron chi connectivity index (χ0n) is 14.0. The highest BCUT2D eigenvalue weighted by atomic mass is 16.5. The van der Waals surface area contributed by atoms with Crippen molar-refractivity contribution in [3.05, 3.63) is 107 Å². The molecule has 0 saturated heterocycles. The maximum atomic E-state index is 12.4. The minimum absolute atomic E-state index is 0.104. The van der Waals surface area contributed by atoms with E-state index in [4.69, 9.17) is 4.74 Å². The molecular weight excluding hydrogens is 308 g/mol. The molecule has 0 bridgehead atoms. The third-order valence-electron chi connectivity index (χ3n) is 4.86. The summed E-state index contributed by atoms with van der Waals surface area (Å²) in [5.74, 6) is 0.0246. The van der Waals surface area contributed by atoms with E-state index in [9.17, 15) is 4.79 Å². The highest BCUT2D eigenvalue weighted by Gasteiger charge is 2.30. The molecule has 124 valence electrons. The molecule has 2 nitrogen and oxygen atoms in total. The van der Waals surface area contributed by atoms with Gasteiger partial charge in [0.15, 0.2) is 0 Å². The molecule has 0 saturated carbocycles. The fourth-order valence-electron chi connectivity index (χ4n) is 3.66. The molecule has 2 atom stereocenters. The third-order valence-corrected chi connectivity index (χ3v) is 4.86. The van der Waals surface area contributed by atoms with Crippen LogP contribution in [-0.4, -0.2) is 12.1 Å². The van der Waals surface area contributed by atoms with Gasteiger partial charge in [-0.1, -0.05) is 72.8 Å². The second-order valence-electron chi connectivity index (χ2n) is 6.50. The Bertz CT molecular complexity index is 856. The monoisotopic (exact) mass is 328 g/mol. The first-order chi connectivity index (χ1) is 12.3. The maximum absolute atomic E-state index is 12.4. The number of esters is 1. The molecular formula is C23H20O2. The first-order valence-electron chi connectivity index (χ1n) is 8.70. The molecule has 4 rings (SSSR count). The van der Waals surface area contributed by atoms with Gasteiger partial charge in [-0.15, -0.1) is 0 Å². The highest BCUT2D eigenvalue weighted by Crippen LogP contribution is 2.37. The Morgan fingerprint density at radius 1 is 0.800 bits per heavy atom. The minimum atomic E-state index is -0.239. The van der Waals surface area contributed by atoms with E-state index in [0.717, 1.165) is 12.8 Å². The van der Waals surface area contributed by atoms with Gasteiger partial charge in [0.1, 0.15) is 6.10 Å². The standard InChI is InChI=1S/C23H20O2/c24-23(18-11-5-2-6-12-18)25-20-15-19-13-7-8-14-21(19)22(16-20)17-9-3-1-4-10-17/h1-14,20,22H,15-16H2/t20-,22-/m1/s1. The molecule has 1 aliphatic carbocycles. The minimum Gasteiger partial charge on any atom is -0.458 e. The molecule has 0 aliphatic heterocycles. The average molecular weight is 328 g/mol. The van der Waals surface area contributed by atoms with E-state index in [1.54, 1.807) is 12.1 Å². The second-order valence-corrected chi connectivity index (χ2v) is 6.50. The predicted molar refractivity (Wildman–Crippen MR) is 98.7 cm³/mol. The van der Waals surface area contributed by atoms with Crippen LogP contribution in [-0.2, 0) is 11.2 Å². The van der Waals surface area contributed by atoms with E-state index in [-0.39, 0.29) is 18.0 Å². The lowest BCUT2D eigenvalue weighted by Crippen LogP contribution is -2.28. The van der Waals surface area contributed by atoms with Crippen LogP contribution in [0.25, 0.3) is 0 Å². The summed E-state index contributed by atoms with van der Waals surface area (Å²) in [6.07, 6.45) is 1.49. The Hall–Kier alpha value is -2.87. The van der Waals surface area contributed by atoms with E-state index < -0.39 is 0 Å². The third kappa shape index (κ3) is 3.34. The van der Waals surface area contributed by atoms with Crippen molar-refractivity contribution in [2.75, 3.05) is 0 Å². The Morgan fingerprint density at radius 3 is 2.20 bits per heavy atom. The molecule has 0 spiro atoms. The smallest absolute Gasteiger partial charge is 0.338 e. The van der Waals surface area contributed by atoms with Gasteiger partial charge in [-0.05, 0) is 35.2 Å². The Balaban J connectivity index is 1.61. The number of fused-ring (bicyclic) bond motifs is 1. The predicted octanol–water partition coefficient (Wildman–Crippen LogP) is 4.99. The van der Waals surface area contributed by atoms with Gasteiger partial charge < -0.3 is 4.74 Å². The van der Waals surface area contributed by atoms with E-state index in [2.05, 4.69) is 48.5 Å². The number of carbonyl (C=O) groups excluding carboxylic acids is 1. The summed E-state index contributed by atoms with van der Waals surface area (Å²) in [6, 6.07) is 28.2. The Morgan fingerprint density at radius 2 is 1.44 bits per heavy atom. The van der Waals surface area contributed by atoms with Crippen molar-refractivity contribution in [2.45, 2.75) is 24.9 Å². The highest BCUT2D eigenvalue weighted by molar-refractivity contribution is 5.89. The molecule has 0 unspecified atom stereocenters. The van der Waals surface area contributed by atoms with E-state index >= 15 is 0 Å². The molecule has 0 heterocycles. The van der Waals surface area contributed by atoms with Crippen molar-refractivity contribution in [1.82, 2.24) is 0 Å². The zero-order chi connectivity index (χ0) is 17.1. The molecule has 25 heavy (non-hydrogen) atoms. The summed E-state index contributed by atoms with van der Waals surface area (Å²) in [4.78, 5) is 12.4. The fourth-order valence-corrected chi connectivity index (χ4v) is 3.66. The first-order valence-corrected chi connectivity index (χ1v) is 8.70. The SMILES string of the molecule is O=C(O[C@@H]1Cc2ccccc2[C@@H](c2ccccc2)C1)c1ccccc1. The van der Waals surface area contributed by atoms with Crippen molar-refractivity contribution >= 4 is 5.97 Å². The number of hydrogen-bond donors (Lipinski definition) is 0. The lowest BCUT2D eigenvalue weighted by Gasteiger charge is -2.31. The molecule has 0 amide bonds. The number of rotatable bonds is 3. The van der Waals surface area contributed by atoms with Crippen molar-refractivity contribution in [3.8, 4) is 0 Å². The first kappa shape index (κ1) is 15.6. The molecule has 3 aromatic carbocycles. The second kappa shape index (κ2) is 6.94. The largest absolute Gasteiger partial charge is 0.458 e. The van der Waals surface area contributed by atoms with Gasteiger partial charge in [0, 0.05) is 12.3 Å². The number of carbonyl (C=O) groups is 1. The van der Waals surface area contributed by atoms with Gasteiger partial charge in [0.05, 0.1) is 5.56 Å². The normalized spacial score (nSPS) is 19.0. The molecule has 0 aromatic heterocycles. The van der Waals surface area contributed by atoms with Crippen molar-refractivity contribution in [2.24, 2.45) is 0 Å². The van der Waals surface area contributed by atoms with Crippen LogP contribution in [0, 0.1) is 0 Å². The van der Waals surface area contributed by atoms with Crippen molar-refractivity contribution in [3.63, 3.8) is 0 Å². The molecule has 1 aliphatic rings. The quantitative estimate of drug-likeness (QED) is 0.633. The van der Waals surface area contributed by atoms with Crippen LogP contribution in [0.3, 0.4) is 0 Å². The molecule has 0 radical (unpaired) electrons. The average Bonchev–Trinajstić information content (AvgIpc) is 2.68. The van der Waals surface area contributed by atoms with Crippen LogP contribution in [0.1, 0.15) is 39.4 Å². The summed E-state index contributed by atoms with van der Waals surface area (Å²) < 4.78 is 5.85. The summed E-state index contributed by atoms with van der Waals surface area (Å²) >= 11 is 0. The Kier molecular flexibility index (Phi) is 4.34. The van der Waals surface area contributed by atoms with Crippen LogP contribution in [0.5, 0.6) is 0 Å². The molecule has 2 heteroatoms. The van der Waals surface area contributed by atoms with Crippen LogP contribution in [0.4, 0.5) is 0 Å². The van der Waals surface area contributed by atoms with Gasteiger partial charge in [-0.2, -0.15) is 0 Å². The van der Waals surface area contributed by atoms with Gasteiger partial charge in [0.25, 0.3) is 0 Å². The summed E-state index contributed by atoms with van der Waals surface area (Å²) in [7, 11) is 0. The lowest BCUT2D eigenvalue weighted by atomic mass is 9.77. The molecule has 0 N–H and O–H groups in total. The number of benzene rings is 3. The summed E-state index contributed by atoms with van der Waals surface area (Å²) in [5.41, 5.74) is 4.50. The summed E-state index contributed by atoms with van der Waals surface area (Å²) in [6.45, 7) is 0. The molecule has 0 fully saturated rings. The van der Waals surface area contributed by atoms with Crippen molar-refractivity contribution in [1.29, 1.82) is 0 Å². The van der Waals surface area contributed by atoms with E-state index in [0.29, 0.717) is 5.56 Å². The van der Waals surface area contributed by atoms with Gasteiger partial charge in [-0.25, -0.2) is 4.79 Å². The zero-order valence-corrected chi connectivity index (χ0v) is 14.0. The van der Waals surface area contributed by atoms with E-state index in [1.165, 1.54) is 16.7 Å². The summed E-state index contributed by atoms with van der Waals surface area (Å²) in [5, 5.41) is 0. The van der Waals surface area contributed by atoms with Gasteiger partial charge >= 0.3 is 5.97 Å². The van der Waals surface area contributed by atoms with Crippen LogP contribution >= 0.6 is 0 Å². The number of hydrogen-bond acceptors (Lipinski definition) is 2. The fraction of sp³-hybridized carbons (Fsp3) is 0.174. The maximum Gasteiger partial charge on any atom is 0.338 e. The van der Waals surface area contributed by atoms with Crippen LogP contribution < -0.4 is 0 Å². The van der Waals surface area contributed by atoms with Crippen LogP contribution in [0.2, 0.25) is 0 Å². The number of ether oxygens (including phenoxy) is 1. The Labute approximate surface area is 148 Å². The van der Waals surface area contributed by atoms with Gasteiger partial charge in [0.2, 0.25) is 0 Å². The van der Waals surface area contributed by atoms with Crippen LogP contribution in [0.15, 0.2) is 84.9 Å². The van der Waals surface area contributed by atoms with Crippen molar-refractivity contribution < 1.29 is 9.53 Å². The van der Waals surface area contributed by atoms with Gasteiger partial charge in [-0.3, -0.25) is 0 Å². The van der Waals surface area contributed by atoms with E-state index in [1.807, 2.05) is 24.3 Å². The lowest BCUT2D eigenvalue weighted by molar-refractivity contribution is 0.0258. The topological polar surface area (TPSA) is 26.3 Å². The molecule has 3 aromatic rings.